The monoisotopic (exact) mass is 375 g/mol. The van der Waals surface area contributed by atoms with E-state index in [2.05, 4.69) is 25.9 Å². The third-order valence-corrected chi connectivity index (χ3v) is 4.52. The molecule has 0 aliphatic heterocycles. The van der Waals surface area contributed by atoms with Gasteiger partial charge in [-0.2, -0.15) is 5.10 Å². The van der Waals surface area contributed by atoms with E-state index in [9.17, 15) is 4.79 Å². The average Bonchev–Trinajstić information content (AvgIpc) is 3.37. The molecule has 142 valence electrons. The van der Waals surface area contributed by atoms with Crippen LogP contribution in [0.5, 0.6) is 0 Å². The summed E-state index contributed by atoms with van der Waals surface area (Å²) in [7, 11) is 0. The molecular weight excluding hydrogens is 354 g/mol. The number of carbonyl (C=O) groups is 1. The number of carbonyl (C=O) groups excluding carboxylic acids is 1. The van der Waals surface area contributed by atoms with Crippen LogP contribution in [0.3, 0.4) is 0 Å². The van der Waals surface area contributed by atoms with Crippen LogP contribution in [0.15, 0.2) is 67.1 Å². The number of nitrogens with one attached hydrogen (secondary N) is 2. The van der Waals surface area contributed by atoms with Gasteiger partial charge in [-0.15, -0.1) is 10.2 Å². The summed E-state index contributed by atoms with van der Waals surface area (Å²) in [5.74, 6) is 0.685. The summed E-state index contributed by atoms with van der Waals surface area (Å²) >= 11 is 0. The molecule has 8 heteroatoms. The van der Waals surface area contributed by atoms with Crippen LogP contribution in [0, 0.1) is 0 Å². The largest absolute Gasteiger partial charge is 0.334 e. The van der Waals surface area contributed by atoms with Gasteiger partial charge in [0.25, 0.3) is 0 Å². The van der Waals surface area contributed by atoms with E-state index in [1.54, 1.807) is 6.20 Å². The Balaban J connectivity index is 1.38. The Morgan fingerprint density at radius 2 is 1.86 bits per heavy atom. The van der Waals surface area contributed by atoms with Crippen molar-refractivity contribution in [1.29, 1.82) is 0 Å². The topological polar surface area (TPSA) is 89.1 Å². The molecule has 1 atom stereocenters. The zero-order valence-corrected chi connectivity index (χ0v) is 15.5. The maximum Gasteiger partial charge on any atom is 0.315 e. The van der Waals surface area contributed by atoms with Crippen LogP contribution in [0.4, 0.5) is 4.79 Å². The van der Waals surface area contributed by atoms with Gasteiger partial charge in [0.05, 0.1) is 12.6 Å². The smallest absolute Gasteiger partial charge is 0.315 e. The van der Waals surface area contributed by atoms with Crippen LogP contribution >= 0.6 is 0 Å². The molecular formula is C20H21N7O. The second-order valence-corrected chi connectivity index (χ2v) is 6.51. The summed E-state index contributed by atoms with van der Waals surface area (Å²) in [6.45, 7) is 2.97. The van der Waals surface area contributed by atoms with E-state index in [1.165, 1.54) is 0 Å². The molecule has 4 rings (SSSR count). The molecule has 28 heavy (non-hydrogen) atoms. The van der Waals surface area contributed by atoms with Gasteiger partial charge in [0, 0.05) is 25.1 Å². The van der Waals surface area contributed by atoms with E-state index in [4.69, 9.17) is 0 Å². The normalized spacial score (nSPS) is 12.0. The molecule has 0 radical (unpaired) electrons. The molecule has 0 fully saturated rings. The zero-order chi connectivity index (χ0) is 19.3. The molecule has 0 spiro atoms. The van der Waals surface area contributed by atoms with Crippen LogP contribution in [0.25, 0.3) is 5.65 Å². The minimum Gasteiger partial charge on any atom is -0.334 e. The van der Waals surface area contributed by atoms with Gasteiger partial charge in [0.15, 0.2) is 11.5 Å². The molecule has 0 bridgehead atoms. The Labute approximate surface area is 162 Å². The number of urea groups is 1. The lowest BCUT2D eigenvalue weighted by Gasteiger charge is -2.15. The number of amides is 2. The Hall–Kier alpha value is -3.68. The Morgan fingerprint density at radius 1 is 1.04 bits per heavy atom. The lowest BCUT2D eigenvalue weighted by Crippen LogP contribution is -2.37. The zero-order valence-electron chi connectivity index (χ0n) is 15.5. The lowest BCUT2D eigenvalue weighted by atomic mass is 10.1. The van der Waals surface area contributed by atoms with E-state index in [0.717, 1.165) is 16.8 Å². The summed E-state index contributed by atoms with van der Waals surface area (Å²) in [4.78, 5) is 12.4. The van der Waals surface area contributed by atoms with Crippen molar-refractivity contribution in [3.63, 3.8) is 0 Å². The molecule has 1 aromatic carbocycles. The standard InChI is InChI=1S/C20H21N7O/c1-15(19-25-24-18-9-4-5-12-27(18)19)23-20(28)21-13-16-7-2-3-8-17(16)14-26-11-6-10-22-26/h2-12,15H,13-14H2,1H3,(H2,21,23,28). The molecule has 1 unspecified atom stereocenters. The van der Waals surface area contributed by atoms with Gasteiger partial charge in [0.2, 0.25) is 0 Å². The van der Waals surface area contributed by atoms with E-state index in [-0.39, 0.29) is 12.1 Å². The van der Waals surface area contributed by atoms with Gasteiger partial charge in [-0.1, -0.05) is 30.3 Å². The van der Waals surface area contributed by atoms with Gasteiger partial charge in [0.1, 0.15) is 0 Å². The maximum atomic E-state index is 12.4. The second kappa shape index (κ2) is 7.91. The van der Waals surface area contributed by atoms with Crippen LogP contribution in [0.2, 0.25) is 0 Å². The maximum absolute atomic E-state index is 12.4. The second-order valence-electron chi connectivity index (χ2n) is 6.51. The first kappa shape index (κ1) is 17.7. The Kier molecular flexibility index (Phi) is 5.01. The SMILES string of the molecule is CC(NC(=O)NCc1ccccc1Cn1cccn1)c1nnc2ccccn12. The lowest BCUT2D eigenvalue weighted by molar-refractivity contribution is 0.237. The molecule has 3 aromatic heterocycles. The summed E-state index contributed by atoms with van der Waals surface area (Å²) in [6.07, 6.45) is 5.55. The van der Waals surface area contributed by atoms with Gasteiger partial charge < -0.3 is 10.6 Å². The summed E-state index contributed by atoms with van der Waals surface area (Å²) in [6, 6.07) is 15.0. The third-order valence-electron chi connectivity index (χ3n) is 4.52. The van der Waals surface area contributed by atoms with Crippen molar-refractivity contribution in [2.24, 2.45) is 0 Å². The molecule has 2 amide bonds. The third kappa shape index (κ3) is 3.85. The number of pyridine rings is 1. The first-order valence-electron chi connectivity index (χ1n) is 9.09. The number of rotatable bonds is 6. The van der Waals surface area contributed by atoms with E-state index in [1.807, 2.05) is 76.9 Å². The molecule has 3 heterocycles. The fourth-order valence-corrected chi connectivity index (χ4v) is 3.10. The van der Waals surface area contributed by atoms with Crippen LogP contribution in [-0.4, -0.2) is 30.4 Å². The van der Waals surface area contributed by atoms with E-state index >= 15 is 0 Å². The minimum absolute atomic E-state index is 0.255. The van der Waals surface area contributed by atoms with Gasteiger partial charge in [-0.3, -0.25) is 9.08 Å². The molecule has 0 saturated heterocycles. The fraction of sp³-hybridized carbons (Fsp3) is 0.200. The van der Waals surface area contributed by atoms with Crippen molar-refractivity contribution in [1.82, 2.24) is 35.0 Å². The quantitative estimate of drug-likeness (QED) is 0.542. The van der Waals surface area contributed by atoms with Crippen LogP contribution in [-0.2, 0) is 13.1 Å². The number of fused-ring (bicyclic) bond motifs is 1. The van der Waals surface area contributed by atoms with Crippen molar-refractivity contribution < 1.29 is 4.79 Å². The predicted molar refractivity (Wildman–Crippen MR) is 105 cm³/mol. The summed E-state index contributed by atoms with van der Waals surface area (Å²) in [5.41, 5.74) is 2.91. The van der Waals surface area contributed by atoms with Crippen molar-refractivity contribution in [2.75, 3.05) is 0 Å². The number of nitrogens with zero attached hydrogens (tertiary/aromatic N) is 5. The molecule has 0 saturated carbocycles. The first-order chi connectivity index (χ1) is 13.7. The number of aromatic nitrogens is 5. The van der Waals surface area contributed by atoms with Crippen LogP contribution < -0.4 is 10.6 Å². The first-order valence-corrected chi connectivity index (χ1v) is 9.09. The van der Waals surface area contributed by atoms with Gasteiger partial charge >= 0.3 is 6.03 Å². The van der Waals surface area contributed by atoms with E-state index < -0.39 is 0 Å². The summed E-state index contributed by atoms with van der Waals surface area (Å²) in [5, 5.41) is 18.4. The molecule has 4 aromatic rings. The highest BCUT2D eigenvalue weighted by Gasteiger charge is 2.15. The summed E-state index contributed by atoms with van der Waals surface area (Å²) < 4.78 is 3.72. The molecule has 8 nitrogen and oxygen atoms in total. The van der Waals surface area contributed by atoms with Gasteiger partial charge in [-0.05, 0) is 36.2 Å². The number of hydrogen-bond donors (Lipinski definition) is 2. The van der Waals surface area contributed by atoms with E-state index in [0.29, 0.717) is 18.9 Å². The predicted octanol–water partition coefficient (Wildman–Crippen LogP) is 2.53. The molecule has 0 aliphatic carbocycles. The average molecular weight is 375 g/mol. The number of benzene rings is 1. The van der Waals surface area contributed by atoms with Crippen LogP contribution in [0.1, 0.15) is 29.9 Å². The Bertz CT molecular complexity index is 1070. The molecule has 2 N–H and O–H groups in total. The highest BCUT2D eigenvalue weighted by atomic mass is 16.2. The molecule has 0 aliphatic rings. The van der Waals surface area contributed by atoms with Crippen molar-refractivity contribution >= 4 is 11.7 Å². The van der Waals surface area contributed by atoms with Crippen molar-refractivity contribution in [2.45, 2.75) is 26.1 Å². The van der Waals surface area contributed by atoms with Crippen molar-refractivity contribution in [3.8, 4) is 0 Å². The van der Waals surface area contributed by atoms with Crippen molar-refractivity contribution in [3.05, 3.63) is 84.1 Å². The number of hydrogen-bond acceptors (Lipinski definition) is 4. The fourth-order valence-electron chi connectivity index (χ4n) is 3.10. The van der Waals surface area contributed by atoms with Gasteiger partial charge in [-0.25, -0.2) is 4.79 Å². The highest BCUT2D eigenvalue weighted by Crippen LogP contribution is 2.12. The Morgan fingerprint density at radius 3 is 2.68 bits per heavy atom. The highest BCUT2D eigenvalue weighted by molar-refractivity contribution is 5.74. The minimum atomic E-state index is -0.281.